The van der Waals surface area contributed by atoms with E-state index >= 15 is 0 Å². The summed E-state index contributed by atoms with van der Waals surface area (Å²) < 4.78 is 11.0. The third-order valence-corrected chi connectivity index (χ3v) is 5.02. The first-order chi connectivity index (χ1) is 13.2. The second kappa shape index (κ2) is 7.40. The van der Waals surface area contributed by atoms with E-state index in [9.17, 15) is 0 Å². The van der Waals surface area contributed by atoms with Crippen LogP contribution >= 0.6 is 0 Å². The van der Waals surface area contributed by atoms with Crippen molar-refractivity contribution in [1.29, 1.82) is 0 Å². The number of methoxy groups -OCH3 is 2. The SMILES string of the molecule is COc1cc2nc(-c3ccccc3)nc(N3CCN(C)CC3)c2cc1OC. The van der Waals surface area contributed by atoms with E-state index in [0.717, 1.165) is 54.3 Å². The second-order valence-corrected chi connectivity index (χ2v) is 6.75. The van der Waals surface area contributed by atoms with Crippen molar-refractivity contribution in [3.05, 3.63) is 42.5 Å². The molecule has 4 rings (SSSR count). The lowest BCUT2D eigenvalue weighted by molar-refractivity contribution is 0.312. The monoisotopic (exact) mass is 364 g/mol. The Labute approximate surface area is 159 Å². The van der Waals surface area contributed by atoms with E-state index in [1.165, 1.54) is 0 Å². The number of nitrogens with zero attached hydrogens (tertiary/aromatic N) is 4. The summed E-state index contributed by atoms with van der Waals surface area (Å²) in [4.78, 5) is 14.4. The fourth-order valence-corrected chi connectivity index (χ4v) is 3.42. The van der Waals surface area contributed by atoms with Crippen LogP contribution in [-0.4, -0.2) is 62.3 Å². The lowest BCUT2D eigenvalue weighted by atomic mass is 10.1. The Kier molecular flexibility index (Phi) is 4.81. The summed E-state index contributed by atoms with van der Waals surface area (Å²) in [6, 6.07) is 14.0. The highest BCUT2D eigenvalue weighted by molar-refractivity contribution is 5.93. The molecule has 1 aliphatic rings. The van der Waals surface area contributed by atoms with Gasteiger partial charge in [0.2, 0.25) is 0 Å². The van der Waals surface area contributed by atoms with E-state index in [4.69, 9.17) is 19.4 Å². The van der Waals surface area contributed by atoms with E-state index in [1.807, 2.05) is 42.5 Å². The number of hydrogen-bond acceptors (Lipinski definition) is 6. The van der Waals surface area contributed by atoms with Gasteiger partial charge in [-0.05, 0) is 13.1 Å². The van der Waals surface area contributed by atoms with Gasteiger partial charge in [0.25, 0.3) is 0 Å². The average molecular weight is 364 g/mol. The molecule has 3 aromatic rings. The summed E-state index contributed by atoms with van der Waals surface area (Å²) in [5, 5.41) is 0.983. The highest BCUT2D eigenvalue weighted by atomic mass is 16.5. The summed E-state index contributed by atoms with van der Waals surface area (Å²) in [6.07, 6.45) is 0. The minimum atomic E-state index is 0.673. The van der Waals surface area contributed by atoms with Crippen molar-refractivity contribution in [2.75, 3.05) is 52.3 Å². The molecule has 0 unspecified atom stereocenters. The molecule has 1 fully saturated rings. The van der Waals surface area contributed by atoms with Gasteiger partial charge in [-0.2, -0.15) is 0 Å². The van der Waals surface area contributed by atoms with Crippen LogP contribution in [0, 0.1) is 0 Å². The zero-order valence-electron chi connectivity index (χ0n) is 16.0. The van der Waals surface area contributed by atoms with Gasteiger partial charge in [0.15, 0.2) is 17.3 Å². The molecule has 2 aromatic carbocycles. The van der Waals surface area contributed by atoms with Crippen LogP contribution < -0.4 is 14.4 Å². The Bertz CT molecular complexity index is 938. The largest absolute Gasteiger partial charge is 0.493 e. The number of anilines is 1. The van der Waals surface area contributed by atoms with Crippen molar-refractivity contribution >= 4 is 16.7 Å². The van der Waals surface area contributed by atoms with Gasteiger partial charge >= 0.3 is 0 Å². The molecule has 1 saturated heterocycles. The van der Waals surface area contributed by atoms with Crippen molar-refractivity contribution in [2.45, 2.75) is 0 Å². The summed E-state index contributed by atoms with van der Waals surface area (Å²) in [7, 11) is 5.45. The molecule has 0 bridgehead atoms. The van der Waals surface area contributed by atoms with Gasteiger partial charge in [-0.1, -0.05) is 30.3 Å². The third-order valence-electron chi connectivity index (χ3n) is 5.02. The predicted octanol–water partition coefficient (Wildman–Crippen LogP) is 3.07. The Hall–Kier alpha value is -2.86. The molecule has 0 amide bonds. The van der Waals surface area contributed by atoms with Crippen LogP contribution in [0.5, 0.6) is 11.5 Å². The van der Waals surface area contributed by atoms with Gasteiger partial charge in [0, 0.05) is 43.2 Å². The van der Waals surface area contributed by atoms with Crippen LogP contribution in [0.15, 0.2) is 42.5 Å². The van der Waals surface area contributed by atoms with Gasteiger partial charge in [-0.3, -0.25) is 0 Å². The molecule has 0 spiro atoms. The third kappa shape index (κ3) is 3.40. The summed E-state index contributed by atoms with van der Waals surface area (Å²) in [5.74, 6) is 3.04. The maximum Gasteiger partial charge on any atom is 0.162 e. The zero-order chi connectivity index (χ0) is 18.8. The predicted molar refractivity (Wildman–Crippen MR) is 108 cm³/mol. The van der Waals surface area contributed by atoms with Gasteiger partial charge < -0.3 is 19.3 Å². The lowest BCUT2D eigenvalue weighted by Crippen LogP contribution is -2.45. The molecule has 1 aliphatic heterocycles. The maximum atomic E-state index is 5.51. The minimum absolute atomic E-state index is 0.673. The Morgan fingerprint density at radius 2 is 1.52 bits per heavy atom. The second-order valence-electron chi connectivity index (χ2n) is 6.75. The highest BCUT2D eigenvalue weighted by Gasteiger charge is 2.21. The van der Waals surface area contributed by atoms with E-state index in [-0.39, 0.29) is 0 Å². The molecule has 0 atom stereocenters. The van der Waals surface area contributed by atoms with E-state index in [1.54, 1.807) is 14.2 Å². The first-order valence-corrected chi connectivity index (χ1v) is 9.12. The highest BCUT2D eigenvalue weighted by Crippen LogP contribution is 2.36. The first kappa shape index (κ1) is 17.5. The minimum Gasteiger partial charge on any atom is -0.493 e. The van der Waals surface area contributed by atoms with Crippen molar-refractivity contribution in [2.24, 2.45) is 0 Å². The Morgan fingerprint density at radius 3 is 2.19 bits per heavy atom. The molecule has 140 valence electrons. The Balaban J connectivity index is 1.91. The zero-order valence-corrected chi connectivity index (χ0v) is 16.0. The molecule has 6 heteroatoms. The van der Waals surface area contributed by atoms with Crippen molar-refractivity contribution in [3.63, 3.8) is 0 Å². The molecule has 2 heterocycles. The van der Waals surface area contributed by atoms with Crippen LogP contribution in [0.3, 0.4) is 0 Å². The topological polar surface area (TPSA) is 50.7 Å². The molecule has 27 heavy (non-hydrogen) atoms. The first-order valence-electron chi connectivity index (χ1n) is 9.12. The molecular weight excluding hydrogens is 340 g/mol. The van der Waals surface area contributed by atoms with E-state index < -0.39 is 0 Å². The van der Waals surface area contributed by atoms with Gasteiger partial charge in [0.1, 0.15) is 5.82 Å². The van der Waals surface area contributed by atoms with Crippen LogP contribution in [0.2, 0.25) is 0 Å². The molecule has 0 N–H and O–H groups in total. The van der Waals surface area contributed by atoms with Crippen LogP contribution in [0.25, 0.3) is 22.3 Å². The standard InChI is InChI=1S/C21H24N4O2/c1-24-9-11-25(12-10-24)21-16-13-18(26-2)19(27-3)14-17(16)22-20(23-21)15-7-5-4-6-8-15/h4-8,13-14H,9-12H2,1-3H3. The molecular formula is C21H24N4O2. The fraction of sp³-hybridized carbons (Fsp3) is 0.333. The Morgan fingerprint density at radius 1 is 0.852 bits per heavy atom. The number of fused-ring (bicyclic) bond motifs is 1. The smallest absolute Gasteiger partial charge is 0.162 e. The van der Waals surface area contributed by atoms with Crippen LogP contribution in [-0.2, 0) is 0 Å². The van der Waals surface area contributed by atoms with Crippen LogP contribution in [0.4, 0.5) is 5.82 Å². The number of piperazine rings is 1. The van der Waals surface area contributed by atoms with E-state index in [2.05, 4.69) is 16.8 Å². The van der Waals surface area contributed by atoms with Gasteiger partial charge in [-0.15, -0.1) is 0 Å². The molecule has 0 aliphatic carbocycles. The van der Waals surface area contributed by atoms with Crippen molar-refractivity contribution in [1.82, 2.24) is 14.9 Å². The lowest BCUT2D eigenvalue weighted by Gasteiger charge is -2.34. The number of aromatic nitrogens is 2. The quantitative estimate of drug-likeness (QED) is 0.709. The van der Waals surface area contributed by atoms with Crippen molar-refractivity contribution < 1.29 is 9.47 Å². The number of ether oxygens (including phenoxy) is 2. The fourth-order valence-electron chi connectivity index (χ4n) is 3.42. The van der Waals surface area contributed by atoms with Crippen LogP contribution in [0.1, 0.15) is 0 Å². The average Bonchev–Trinajstić information content (AvgIpc) is 2.73. The molecule has 1 aromatic heterocycles. The molecule has 0 radical (unpaired) electrons. The summed E-state index contributed by atoms with van der Waals surface area (Å²) in [6.45, 7) is 3.90. The van der Waals surface area contributed by atoms with Crippen molar-refractivity contribution in [3.8, 4) is 22.9 Å². The number of rotatable bonds is 4. The van der Waals surface area contributed by atoms with E-state index in [0.29, 0.717) is 11.5 Å². The molecule has 0 saturated carbocycles. The molecule has 6 nitrogen and oxygen atoms in total. The number of likely N-dealkylation sites (N-methyl/N-ethyl adjacent to an activating group) is 1. The maximum absolute atomic E-state index is 5.51. The van der Waals surface area contributed by atoms with Gasteiger partial charge in [0.05, 0.1) is 19.7 Å². The summed E-state index contributed by atoms with van der Waals surface area (Å²) in [5.41, 5.74) is 1.86. The van der Waals surface area contributed by atoms with Gasteiger partial charge in [-0.25, -0.2) is 9.97 Å². The normalized spacial score (nSPS) is 15.1. The number of hydrogen-bond donors (Lipinski definition) is 0. The number of benzene rings is 2. The summed E-state index contributed by atoms with van der Waals surface area (Å²) >= 11 is 0.